The molecule has 1 fully saturated rings. The average Bonchev–Trinajstić information content (AvgIpc) is 2.82. The highest BCUT2D eigenvalue weighted by molar-refractivity contribution is 5.76. The molecule has 0 aromatic heterocycles. The van der Waals surface area contributed by atoms with E-state index in [-0.39, 0.29) is 0 Å². The summed E-state index contributed by atoms with van der Waals surface area (Å²) in [6.45, 7) is 1.97. The van der Waals surface area contributed by atoms with Crippen molar-refractivity contribution in [2.75, 3.05) is 13.1 Å². The predicted octanol–water partition coefficient (Wildman–Crippen LogP) is 2.80. The molecule has 2 heteroatoms. The third-order valence-electron chi connectivity index (χ3n) is 4.31. The Bertz CT molecular complexity index is 409. The number of rotatable bonds is 2. The van der Waals surface area contributed by atoms with Crippen LogP contribution < -0.4 is 0 Å². The zero-order chi connectivity index (χ0) is 12.4. The van der Waals surface area contributed by atoms with Crippen molar-refractivity contribution in [2.24, 2.45) is 5.92 Å². The second-order valence-corrected chi connectivity index (χ2v) is 5.69. The molecule has 1 aromatic rings. The van der Waals surface area contributed by atoms with Crippen molar-refractivity contribution >= 4 is 5.91 Å². The fourth-order valence-electron chi connectivity index (χ4n) is 3.31. The van der Waals surface area contributed by atoms with Gasteiger partial charge in [0.15, 0.2) is 0 Å². The Kier molecular flexibility index (Phi) is 3.35. The topological polar surface area (TPSA) is 20.3 Å². The number of carbonyl (C=O) groups excluding carboxylic acids is 1. The van der Waals surface area contributed by atoms with Crippen LogP contribution in [-0.4, -0.2) is 23.9 Å². The quantitative estimate of drug-likeness (QED) is 0.782. The van der Waals surface area contributed by atoms with Gasteiger partial charge in [-0.3, -0.25) is 4.79 Å². The third kappa shape index (κ3) is 2.43. The molecule has 1 amide bonds. The van der Waals surface area contributed by atoms with E-state index in [2.05, 4.69) is 29.2 Å². The van der Waals surface area contributed by atoms with Crippen LogP contribution in [0.5, 0.6) is 0 Å². The van der Waals surface area contributed by atoms with Crippen LogP contribution in [0.2, 0.25) is 0 Å². The van der Waals surface area contributed by atoms with E-state index in [0.29, 0.717) is 11.8 Å². The van der Waals surface area contributed by atoms with E-state index >= 15 is 0 Å². The summed E-state index contributed by atoms with van der Waals surface area (Å²) < 4.78 is 0. The fraction of sp³-hybridized carbons (Fsp3) is 0.562. The van der Waals surface area contributed by atoms with Crippen LogP contribution >= 0.6 is 0 Å². The van der Waals surface area contributed by atoms with Gasteiger partial charge in [-0.15, -0.1) is 0 Å². The lowest BCUT2D eigenvalue weighted by atomic mass is 10.0. The Morgan fingerprint density at radius 3 is 2.28 bits per heavy atom. The monoisotopic (exact) mass is 243 g/mol. The molecular formula is C16H21NO. The van der Waals surface area contributed by atoms with E-state index in [1.807, 2.05) is 0 Å². The molecule has 0 saturated carbocycles. The molecular weight excluding hydrogens is 222 g/mol. The standard InChI is InChI=1S/C16H21NO/c18-16(17-8-4-1-5-9-17)12-13-10-14-6-2-3-7-15(14)11-13/h2-3,6-7,13H,1,4-5,8-12H2. The van der Waals surface area contributed by atoms with Crippen LogP contribution in [0.1, 0.15) is 36.8 Å². The zero-order valence-corrected chi connectivity index (χ0v) is 10.9. The van der Waals surface area contributed by atoms with Crippen molar-refractivity contribution in [3.8, 4) is 0 Å². The molecule has 0 N–H and O–H groups in total. The molecule has 2 aliphatic rings. The van der Waals surface area contributed by atoms with Crippen molar-refractivity contribution < 1.29 is 4.79 Å². The van der Waals surface area contributed by atoms with Crippen molar-refractivity contribution in [2.45, 2.75) is 38.5 Å². The van der Waals surface area contributed by atoms with Crippen LogP contribution in [0, 0.1) is 5.92 Å². The second-order valence-electron chi connectivity index (χ2n) is 5.69. The van der Waals surface area contributed by atoms with Crippen LogP contribution in [0.4, 0.5) is 0 Å². The highest BCUT2D eigenvalue weighted by Crippen LogP contribution is 2.29. The minimum absolute atomic E-state index is 0.382. The van der Waals surface area contributed by atoms with Crippen LogP contribution in [0.15, 0.2) is 24.3 Å². The first-order valence-electron chi connectivity index (χ1n) is 7.17. The summed E-state index contributed by atoms with van der Waals surface area (Å²) in [5, 5.41) is 0. The van der Waals surface area contributed by atoms with Crippen LogP contribution in [-0.2, 0) is 17.6 Å². The lowest BCUT2D eigenvalue weighted by Crippen LogP contribution is -2.36. The first-order chi connectivity index (χ1) is 8.83. The van der Waals surface area contributed by atoms with E-state index in [1.54, 1.807) is 0 Å². The van der Waals surface area contributed by atoms with Gasteiger partial charge in [-0.2, -0.15) is 0 Å². The van der Waals surface area contributed by atoms with Gasteiger partial charge >= 0.3 is 0 Å². The van der Waals surface area contributed by atoms with Gasteiger partial charge in [0, 0.05) is 19.5 Å². The maximum Gasteiger partial charge on any atom is 0.222 e. The highest BCUT2D eigenvalue weighted by Gasteiger charge is 2.25. The molecule has 1 saturated heterocycles. The SMILES string of the molecule is O=C(CC1Cc2ccccc2C1)N1CCCCC1. The number of hydrogen-bond donors (Lipinski definition) is 0. The van der Waals surface area contributed by atoms with Gasteiger partial charge in [0.2, 0.25) is 5.91 Å². The molecule has 0 spiro atoms. The summed E-state index contributed by atoms with van der Waals surface area (Å²) in [5.74, 6) is 0.921. The van der Waals surface area contributed by atoms with Gasteiger partial charge < -0.3 is 4.90 Å². The van der Waals surface area contributed by atoms with Gasteiger partial charge in [-0.25, -0.2) is 0 Å². The Morgan fingerprint density at radius 2 is 1.67 bits per heavy atom. The number of nitrogens with zero attached hydrogens (tertiary/aromatic N) is 1. The van der Waals surface area contributed by atoms with E-state index < -0.39 is 0 Å². The van der Waals surface area contributed by atoms with Crippen LogP contribution in [0.25, 0.3) is 0 Å². The van der Waals surface area contributed by atoms with E-state index in [9.17, 15) is 4.79 Å². The largest absolute Gasteiger partial charge is 0.343 e. The summed E-state index contributed by atoms with van der Waals surface area (Å²) in [4.78, 5) is 14.3. The molecule has 0 radical (unpaired) electrons. The van der Waals surface area contributed by atoms with Crippen LogP contribution in [0.3, 0.4) is 0 Å². The molecule has 1 aromatic carbocycles. The van der Waals surface area contributed by atoms with Gasteiger partial charge in [-0.05, 0) is 49.1 Å². The number of fused-ring (bicyclic) bond motifs is 1. The Balaban J connectivity index is 1.57. The lowest BCUT2D eigenvalue weighted by molar-refractivity contribution is -0.133. The van der Waals surface area contributed by atoms with Gasteiger partial charge in [0.1, 0.15) is 0 Å². The molecule has 18 heavy (non-hydrogen) atoms. The predicted molar refractivity (Wildman–Crippen MR) is 72.4 cm³/mol. The maximum absolute atomic E-state index is 12.2. The summed E-state index contributed by atoms with van der Waals surface area (Å²) in [6, 6.07) is 8.63. The molecule has 0 atom stereocenters. The third-order valence-corrected chi connectivity index (χ3v) is 4.31. The Labute approximate surface area is 109 Å². The number of hydrogen-bond acceptors (Lipinski definition) is 1. The molecule has 0 unspecified atom stereocenters. The Hall–Kier alpha value is -1.31. The first kappa shape index (κ1) is 11.8. The number of likely N-dealkylation sites (tertiary alicyclic amines) is 1. The molecule has 0 bridgehead atoms. The average molecular weight is 243 g/mol. The number of benzene rings is 1. The smallest absolute Gasteiger partial charge is 0.222 e. The normalized spacial score (nSPS) is 19.9. The van der Waals surface area contributed by atoms with Crippen molar-refractivity contribution in [3.63, 3.8) is 0 Å². The lowest BCUT2D eigenvalue weighted by Gasteiger charge is -2.27. The van der Waals surface area contributed by atoms with Crippen molar-refractivity contribution in [3.05, 3.63) is 35.4 Å². The molecule has 3 rings (SSSR count). The first-order valence-corrected chi connectivity index (χ1v) is 7.17. The zero-order valence-electron chi connectivity index (χ0n) is 10.9. The minimum atomic E-state index is 0.382. The van der Waals surface area contributed by atoms with E-state index in [4.69, 9.17) is 0 Å². The van der Waals surface area contributed by atoms with E-state index in [0.717, 1.165) is 32.4 Å². The molecule has 1 heterocycles. The summed E-state index contributed by atoms with van der Waals surface area (Å²) >= 11 is 0. The minimum Gasteiger partial charge on any atom is -0.343 e. The molecule has 2 nitrogen and oxygen atoms in total. The molecule has 96 valence electrons. The summed E-state index contributed by atoms with van der Waals surface area (Å²) in [5.41, 5.74) is 2.91. The molecule has 1 aliphatic heterocycles. The number of amides is 1. The van der Waals surface area contributed by atoms with Crippen molar-refractivity contribution in [1.82, 2.24) is 4.90 Å². The van der Waals surface area contributed by atoms with Gasteiger partial charge in [0.05, 0.1) is 0 Å². The Morgan fingerprint density at radius 1 is 1.06 bits per heavy atom. The second kappa shape index (κ2) is 5.13. The maximum atomic E-state index is 12.2. The summed E-state index contributed by atoms with van der Waals surface area (Å²) in [7, 11) is 0. The highest BCUT2D eigenvalue weighted by atomic mass is 16.2. The molecule has 1 aliphatic carbocycles. The van der Waals surface area contributed by atoms with Crippen molar-refractivity contribution in [1.29, 1.82) is 0 Å². The van der Waals surface area contributed by atoms with Gasteiger partial charge in [-0.1, -0.05) is 24.3 Å². The van der Waals surface area contributed by atoms with E-state index in [1.165, 1.54) is 30.4 Å². The van der Waals surface area contributed by atoms with Gasteiger partial charge in [0.25, 0.3) is 0 Å². The fourth-order valence-corrected chi connectivity index (χ4v) is 3.31. The summed E-state index contributed by atoms with van der Waals surface area (Å²) in [6.07, 6.45) is 6.60. The number of carbonyl (C=O) groups is 1. The number of piperidine rings is 1.